The molecule has 1 saturated heterocycles. The number of rotatable bonds is 5. The number of nitrogens with one attached hydrogen (secondary N) is 2. The van der Waals surface area contributed by atoms with Crippen molar-refractivity contribution in [2.24, 2.45) is 5.92 Å². The van der Waals surface area contributed by atoms with Crippen LogP contribution in [0.15, 0.2) is 54.6 Å². The average Bonchev–Trinajstić information content (AvgIpc) is 2.75. The van der Waals surface area contributed by atoms with Crippen molar-refractivity contribution in [2.75, 3.05) is 28.6 Å². The predicted molar refractivity (Wildman–Crippen MR) is 122 cm³/mol. The van der Waals surface area contributed by atoms with Crippen LogP contribution in [0, 0.1) is 24.2 Å². The molecule has 1 aliphatic heterocycles. The van der Waals surface area contributed by atoms with Crippen LogP contribution >= 0.6 is 0 Å². The highest BCUT2D eigenvalue weighted by atomic mass is 15.2. The first-order valence-corrected chi connectivity index (χ1v) is 10.3. The molecule has 0 saturated carbocycles. The van der Waals surface area contributed by atoms with Crippen LogP contribution in [0.2, 0.25) is 0 Å². The summed E-state index contributed by atoms with van der Waals surface area (Å²) in [6.45, 7) is 6.52. The molecule has 2 heterocycles. The first kappa shape index (κ1) is 19.7. The highest BCUT2D eigenvalue weighted by molar-refractivity contribution is 5.62. The Kier molecular flexibility index (Phi) is 5.80. The van der Waals surface area contributed by atoms with Crippen LogP contribution in [0.4, 0.5) is 28.8 Å². The number of hydrogen-bond donors (Lipinski definition) is 2. The maximum absolute atomic E-state index is 8.93. The maximum atomic E-state index is 8.93. The lowest BCUT2D eigenvalue weighted by atomic mass is 9.99. The fourth-order valence-corrected chi connectivity index (χ4v) is 3.62. The summed E-state index contributed by atoms with van der Waals surface area (Å²) in [6.07, 6.45) is 2.51. The number of benzene rings is 2. The molecule has 1 aliphatic rings. The van der Waals surface area contributed by atoms with Gasteiger partial charge in [0.1, 0.15) is 5.82 Å². The summed E-state index contributed by atoms with van der Waals surface area (Å²) in [5, 5.41) is 15.5. The number of aryl methyl sites for hydroxylation is 1. The monoisotopic (exact) mass is 398 g/mol. The molecule has 6 heteroatoms. The van der Waals surface area contributed by atoms with Gasteiger partial charge in [0.25, 0.3) is 0 Å². The fourth-order valence-electron chi connectivity index (χ4n) is 3.62. The van der Waals surface area contributed by atoms with Crippen LogP contribution < -0.4 is 15.5 Å². The molecular weight excluding hydrogens is 372 g/mol. The second-order valence-electron chi connectivity index (χ2n) is 7.87. The quantitative estimate of drug-likeness (QED) is 0.601. The zero-order valence-corrected chi connectivity index (χ0v) is 17.4. The van der Waals surface area contributed by atoms with Gasteiger partial charge < -0.3 is 15.5 Å². The minimum Gasteiger partial charge on any atom is -0.372 e. The summed E-state index contributed by atoms with van der Waals surface area (Å²) in [4.78, 5) is 11.5. The molecule has 0 aliphatic carbocycles. The zero-order valence-electron chi connectivity index (χ0n) is 17.4. The minimum absolute atomic E-state index is 0.547. The van der Waals surface area contributed by atoms with Gasteiger partial charge in [-0.1, -0.05) is 6.92 Å². The Labute approximate surface area is 177 Å². The van der Waals surface area contributed by atoms with Gasteiger partial charge in [-0.3, -0.25) is 0 Å². The van der Waals surface area contributed by atoms with E-state index in [1.807, 2.05) is 25.1 Å². The summed E-state index contributed by atoms with van der Waals surface area (Å²) < 4.78 is 0. The lowest BCUT2D eigenvalue weighted by Crippen LogP contribution is -2.32. The van der Waals surface area contributed by atoms with E-state index in [4.69, 9.17) is 5.26 Å². The maximum Gasteiger partial charge on any atom is 0.229 e. The Morgan fingerprint density at radius 3 is 2.23 bits per heavy atom. The Bertz CT molecular complexity index is 1030. The topological polar surface area (TPSA) is 76.9 Å². The van der Waals surface area contributed by atoms with Gasteiger partial charge in [-0.25, -0.2) is 4.98 Å². The smallest absolute Gasteiger partial charge is 0.229 e. The second kappa shape index (κ2) is 8.83. The molecule has 152 valence electrons. The van der Waals surface area contributed by atoms with E-state index in [0.717, 1.165) is 36.1 Å². The van der Waals surface area contributed by atoms with E-state index in [-0.39, 0.29) is 0 Å². The van der Waals surface area contributed by atoms with E-state index in [0.29, 0.717) is 17.3 Å². The molecule has 30 heavy (non-hydrogen) atoms. The van der Waals surface area contributed by atoms with Gasteiger partial charge in [0.05, 0.1) is 11.6 Å². The standard InChI is InChI=1S/C24H26N6/c1-17-11-13-30(14-12-17)22-9-7-21(8-10-22)28-24-26-18(2)15-23(29-24)27-20-5-3-19(16-25)4-6-20/h3-10,15,17H,11-14H2,1-2H3,(H2,26,27,28,29). The summed E-state index contributed by atoms with van der Waals surface area (Å²) in [6, 6.07) is 19.8. The molecule has 3 aromatic rings. The Morgan fingerprint density at radius 1 is 0.933 bits per heavy atom. The van der Waals surface area contributed by atoms with E-state index in [9.17, 15) is 0 Å². The SMILES string of the molecule is Cc1cc(Nc2ccc(C#N)cc2)nc(Nc2ccc(N3CCC(C)CC3)cc2)n1. The van der Waals surface area contributed by atoms with Crippen molar-refractivity contribution in [1.29, 1.82) is 5.26 Å². The fraction of sp³-hybridized carbons (Fsp3) is 0.292. The first-order valence-electron chi connectivity index (χ1n) is 10.3. The van der Waals surface area contributed by atoms with E-state index >= 15 is 0 Å². The first-order chi connectivity index (χ1) is 14.6. The van der Waals surface area contributed by atoms with Crippen molar-refractivity contribution in [1.82, 2.24) is 9.97 Å². The number of piperidine rings is 1. The predicted octanol–water partition coefficient (Wildman–Crippen LogP) is 5.38. The molecule has 1 fully saturated rings. The minimum atomic E-state index is 0.547. The number of nitriles is 1. The van der Waals surface area contributed by atoms with Crippen molar-refractivity contribution < 1.29 is 0 Å². The number of hydrogen-bond acceptors (Lipinski definition) is 6. The molecular formula is C24H26N6. The van der Waals surface area contributed by atoms with Crippen LogP contribution in [-0.4, -0.2) is 23.1 Å². The van der Waals surface area contributed by atoms with Crippen molar-refractivity contribution in [2.45, 2.75) is 26.7 Å². The Balaban J connectivity index is 1.44. The molecule has 0 unspecified atom stereocenters. The van der Waals surface area contributed by atoms with E-state index in [1.165, 1.54) is 18.5 Å². The van der Waals surface area contributed by atoms with Crippen LogP contribution in [0.25, 0.3) is 0 Å². The summed E-state index contributed by atoms with van der Waals surface area (Å²) in [5.74, 6) is 2.08. The molecule has 1 aromatic heterocycles. The number of aromatic nitrogens is 2. The summed E-state index contributed by atoms with van der Waals surface area (Å²) in [5.41, 5.74) is 4.59. The molecule has 4 rings (SSSR count). The van der Waals surface area contributed by atoms with Gasteiger partial charge >= 0.3 is 0 Å². The highest BCUT2D eigenvalue weighted by Gasteiger charge is 2.15. The molecule has 0 bridgehead atoms. The molecule has 0 atom stereocenters. The molecule has 2 N–H and O–H groups in total. The molecule has 0 amide bonds. The van der Waals surface area contributed by atoms with E-state index < -0.39 is 0 Å². The lowest BCUT2D eigenvalue weighted by molar-refractivity contribution is 0.438. The Hall–Kier alpha value is -3.59. The number of nitrogens with zero attached hydrogens (tertiary/aromatic N) is 4. The van der Waals surface area contributed by atoms with Gasteiger partial charge in [0.15, 0.2) is 0 Å². The Morgan fingerprint density at radius 2 is 1.57 bits per heavy atom. The van der Waals surface area contributed by atoms with Crippen LogP contribution in [0.1, 0.15) is 31.0 Å². The third-order valence-electron chi connectivity index (χ3n) is 5.41. The summed E-state index contributed by atoms with van der Waals surface area (Å²) in [7, 11) is 0. The van der Waals surface area contributed by atoms with Crippen LogP contribution in [-0.2, 0) is 0 Å². The van der Waals surface area contributed by atoms with Gasteiger partial charge in [0.2, 0.25) is 5.95 Å². The van der Waals surface area contributed by atoms with E-state index in [2.05, 4.69) is 62.8 Å². The van der Waals surface area contributed by atoms with Gasteiger partial charge in [-0.2, -0.15) is 10.2 Å². The normalized spacial score (nSPS) is 14.2. The van der Waals surface area contributed by atoms with Gasteiger partial charge in [0, 0.05) is 41.9 Å². The molecule has 2 aromatic carbocycles. The largest absolute Gasteiger partial charge is 0.372 e. The van der Waals surface area contributed by atoms with Crippen LogP contribution in [0.3, 0.4) is 0 Å². The average molecular weight is 399 g/mol. The third kappa shape index (κ3) is 4.87. The van der Waals surface area contributed by atoms with E-state index in [1.54, 1.807) is 12.1 Å². The highest BCUT2D eigenvalue weighted by Crippen LogP contribution is 2.25. The molecule has 0 radical (unpaired) electrons. The second-order valence-corrected chi connectivity index (χ2v) is 7.87. The van der Waals surface area contributed by atoms with Gasteiger partial charge in [-0.05, 0) is 74.2 Å². The molecule has 6 nitrogen and oxygen atoms in total. The lowest BCUT2D eigenvalue weighted by Gasteiger charge is -2.32. The van der Waals surface area contributed by atoms with Crippen molar-refractivity contribution in [3.63, 3.8) is 0 Å². The third-order valence-corrected chi connectivity index (χ3v) is 5.41. The van der Waals surface area contributed by atoms with Gasteiger partial charge in [-0.15, -0.1) is 0 Å². The van der Waals surface area contributed by atoms with Crippen molar-refractivity contribution in [3.8, 4) is 6.07 Å². The zero-order chi connectivity index (χ0) is 20.9. The van der Waals surface area contributed by atoms with Crippen molar-refractivity contribution in [3.05, 3.63) is 65.9 Å². The summed E-state index contributed by atoms with van der Waals surface area (Å²) >= 11 is 0. The van der Waals surface area contributed by atoms with Crippen LogP contribution in [0.5, 0.6) is 0 Å². The molecule has 0 spiro atoms. The van der Waals surface area contributed by atoms with Crippen molar-refractivity contribution >= 4 is 28.8 Å². The number of anilines is 5.